The molecule has 0 atom stereocenters. The van der Waals surface area contributed by atoms with Crippen LogP contribution in [0.15, 0.2) is 28.8 Å². The highest BCUT2D eigenvalue weighted by Gasteiger charge is 2.21. The van der Waals surface area contributed by atoms with Crippen LogP contribution < -0.4 is 5.32 Å². The van der Waals surface area contributed by atoms with Crippen LogP contribution in [0.25, 0.3) is 0 Å². The quantitative estimate of drug-likeness (QED) is 0.673. The monoisotopic (exact) mass is 293 g/mol. The summed E-state index contributed by atoms with van der Waals surface area (Å²) in [5.74, 6) is -0.553. The molecule has 0 aliphatic heterocycles. The number of aryl methyl sites for hydroxylation is 1. The summed E-state index contributed by atoms with van der Waals surface area (Å²) in [5.41, 5.74) is -0.808. The van der Waals surface area contributed by atoms with E-state index in [1.807, 2.05) is 6.92 Å². The zero-order valence-electron chi connectivity index (χ0n) is 11.1. The van der Waals surface area contributed by atoms with Gasteiger partial charge in [-0.1, -0.05) is 6.92 Å². The van der Waals surface area contributed by atoms with Crippen molar-refractivity contribution in [1.29, 1.82) is 0 Å². The molecule has 8 heteroatoms. The smallest absolute Gasteiger partial charge is 0.282 e. The Kier molecular flexibility index (Phi) is 4.27. The van der Waals surface area contributed by atoms with Gasteiger partial charge in [-0.2, -0.15) is 0 Å². The summed E-state index contributed by atoms with van der Waals surface area (Å²) in [4.78, 5) is 25.9. The Bertz CT molecular complexity index is 684. The number of nitro benzene ring substituents is 1. The molecule has 0 aliphatic carbocycles. The van der Waals surface area contributed by atoms with Crippen LogP contribution in [-0.4, -0.2) is 15.8 Å². The summed E-state index contributed by atoms with van der Waals surface area (Å²) >= 11 is 0. The highest BCUT2D eigenvalue weighted by atomic mass is 19.1. The van der Waals surface area contributed by atoms with Crippen LogP contribution in [0.1, 0.15) is 28.9 Å². The minimum absolute atomic E-state index is 0.0352. The molecule has 1 heterocycles. The minimum atomic E-state index is -0.766. The highest BCUT2D eigenvalue weighted by Crippen LogP contribution is 2.19. The van der Waals surface area contributed by atoms with Crippen molar-refractivity contribution >= 4 is 11.6 Å². The Morgan fingerprint density at radius 1 is 1.52 bits per heavy atom. The van der Waals surface area contributed by atoms with Crippen molar-refractivity contribution in [3.8, 4) is 0 Å². The summed E-state index contributed by atoms with van der Waals surface area (Å²) in [5, 5.41) is 13.2. The number of rotatable bonds is 5. The number of hydrogen-bond donors (Lipinski definition) is 1. The lowest BCUT2D eigenvalue weighted by Gasteiger charge is -2.04. The van der Waals surface area contributed by atoms with E-state index in [0.717, 1.165) is 18.2 Å². The molecule has 0 bridgehead atoms. The highest BCUT2D eigenvalue weighted by molar-refractivity contribution is 5.98. The molecule has 0 fully saturated rings. The summed E-state index contributed by atoms with van der Waals surface area (Å²) in [6.45, 7) is 1.85. The van der Waals surface area contributed by atoms with E-state index < -0.39 is 22.3 Å². The maximum absolute atomic E-state index is 13.1. The normalized spacial score (nSPS) is 10.4. The summed E-state index contributed by atoms with van der Waals surface area (Å²) in [7, 11) is 0. The van der Waals surface area contributed by atoms with Gasteiger partial charge in [-0.3, -0.25) is 14.9 Å². The number of benzene rings is 1. The number of nitrogens with zero attached hydrogens (tertiary/aromatic N) is 2. The average Bonchev–Trinajstić information content (AvgIpc) is 2.92. The fourth-order valence-corrected chi connectivity index (χ4v) is 1.69. The molecule has 1 aromatic heterocycles. The largest absolute Gasteiger partial charge is 0.444 e. The average molecular weight is 293 g/mol. The molecular weight excluding hydrogens is 281 g/mol. The lowest BCUT2D eigenvalue weighted by molar-refractivity contribution is -0.385. The lowest BCUT2D eigenvalue weighted by Crippen LogP contribution is -2.24. The van der Waals surface area contributed by atoms with Crippen molar-refractivity contribution in [3.63, 3.8) is 0 Å². The first kappa shape index (κ1) is 14.6. The zero-order valence-corrected chi connectivity index (χ0v) is 11.1. The predicted molar refractivity (Wildman–Crippen MR) is 70.1 cm³/mol. The Labute approximate surface area is 118 Å². The molecule has 110 valence electrons. The van der Waals surface area contributed by atoms with Gasteiger partial charge in [0.25, 0.3) is 11.6 Å². The minimum Gasteiger partial charge on any atom is -0.444 e. The molecule has 0 radical (unpaired) electrons. The van der Waals surface area contributed by atoms with Gasteiger partial charge in [-0.25, -0.2) is 9.37 Å². The molecule has 1 N–H and O–H groups in total. The molecule has 0 saturated carbocycles. The fraction of sp³-hybridized carbons (Fsp3) is 0.231. The molecule has 2 aromatic rings. The first-order valence-corrected chi connectivity index (χ1v) is 6.17. The molecule has 21 heavy (non-hydrogen) atoms. The number of halogens is 1. The van der Waals surface area contributed by atoms with Crippen LogP contribution in [-0.2, 0) is 13.0 Å². The van der Waals surface area contributed by atoms with E-state index in [0.29, 0.717) is 12.2 Å². The van der Waals surface area contributed by atoms with Crippen LogP contribution in [0.4, 0.5) is 10.1 Å². The molecular formula is C13H12FN3O4. The number of nitro groups is 1. The maximum Gasteiger partial charge on any atom is 0.282 e. The van der Waals surface area contributed by atoms with Gasteiger partial charge in [-0.05, 0) is 12.1 Å². The van der Waals surface area contributed by atoms with Gasteiger partial charge in [0, 0.05) is 12.5 Å². The summed E-state index contributed by atoms with van der Waals surface area (Å²) < 4.78 is 18.4. The van der Waals surface area contributed by atoms with Crippen LogP contribution in [0.5, 0.6) is 0 Å². The van der Waals surface area contributed by atoms with E-state index in [9.17, 15) is 19.3 Å². The van der Waals surface area contributed by atoms with E-state index in [4.69, 9.17) is 4.42 Å². The zero-order chi connectivity index (χ0) is 15.4. The second-order valence-electron chi connectivity index (χ2n) is 4.18. The van der Waals surface area contributed by atoms with Crippen LogP contribution in [0, 0.1) is 15.9 Å². The predicted octanol–water partition coefficient (Wildman–Crippen LogP) is 2.21. The third kappa shape index (κ3) is 3.41. The molecule has 0 aliphatic rings. The molecule has 2 rings (SSSR count). The number of oxazole rings is 1. The molecule has 0 unspecified atom stereocenters. The summed E-state index contributed by atoms with van der Waals surface area (Å²) in [6, 6.07) is 2.70. The van der Waals surface area contributed by atoms with E-state index in [1.54, 1.807) is 0 Å². The Morgan fingerprint density at radius 3 is 2.90 bits per heavy atom. The molecule has 1 amide bonds. The lowest BCUT2D eigenvalue weighted by atomic mass is 10.1. The van der Waals surface area contributed by atoms with Gasteiger partial charge in [0.1, 0.15) is 17.1 Å². The van der Waals surface area contributed by atoms with Crippen LogP contribution in [0.3, 0.4) is 0 Å². The van der Waals surface area contributed by atoms with Gasteiger partial charge >= 0.3 is 0 Å². The van der Waals surface area contributed by atoms with Gasteiger partial charge in [0.05, 0.1) is 17.7 Å². The van der Waals surface area contributed by atoms with E-state index in [2.05, 4.69) is 10.3 Å². The maximum atomic E-state index is 13.1. The summed E-state index contributed by atoms with van der Waals surface area (Å²) in [6.07, 6.45) is 2.20. The van der Waals surface area contributed by atoms with Crippen LogP contribution >= 0.6 is 0 Å². The number of hydrogen-bond acceptors (Lipinski definition) is 5. The van der Waals surface area contributed by atoms with E-state index in [-0.39, 0.29) is 18.0 Å². The van der Waals surface area contributed by atoms with Gasteiger partial charge in [0.2, 0.25) is 5.89 Å². The second-order valence-corrected chi connectivity index (χ2v) is 4.18. The van der Waals surface area contributed by atoms with Crippen molar-refractivity contribution < 1.29 is 18.5 Å². The third-order valence-electron chi connectivity index (χ3n) is 2.75. The topological polar surface area (TPSA) is 98.3 Å². The van der Waals surface area contributed by atoms with Crippen LogP contribution in [0.2, 0.25) is 0 Å². The Balaban J connectivity index is 2.13. The number of nitrogens with one attached hydrogen (secondary N) is 1. The van der Waals surface area contributed by atoms with E-state index in [1.165, 1.54) is 6.20 Å². The molecule has 0 spiro atoms. The van der Waals surface area contributed by atoms with Gasteiger partial charge < -0.3 is 9.73 Å². The van der Waals surface area contributed by atoms with Gasteiger partial charge in [-0.15, -0.1) is 0 Å². The Morgan fingerprint density at radius 2 is 2.29 bits per heavy atom. The second kappa shape index (κ2) is 6.12. The van der Waals surface area contributed by atoms with Crippen molar-refractivity contribution in [2.24, 2.45) is 0 Å². The SMILES string of the molecule is CCc1cnc(CNC(=O)c2cc(F)ccc2[N+](=O)[O-])o1. The molecule has 7 nitrogen and oxygen atoms in total. The molecule has 1 aromatic carbocycles. The fourth-order valence-electron chi connectivity index (χ4n) is 1.69. The first-order valence-electron chi connectivity index (χ1n) is 6.17. The standard InChI is InChI=1S/C13H12FN3O4/c1-2-9-6-15-12(21-9)7-16-13(18)10-5-8(14)3-4-11(10)17(19)20/h3-6H,2,7H2,1H3,(H,16,18). The number of amides is 1. The van der Waals surface area contributed by atoms with Crippen molar-refractivity contribution in [2.45, 2.75) is 19.9 Å². The van der Waals surface area contributed by atoms with Crippen molar-refractivity contribution in [3.05, 3.63) is 57.5 Å². The number of carbonyl (C=O) groups excluding carboxylic acids is 1. The third-order valence-corrected chi connectivity index (χ3v) is 2.75. The number of aromatic nitrogens is 1. The Hall–Kier alpha value is -2.77. The molecule has 0 saturated heterocycles. The van der Waals surface area contributed by atoms with Crippen molar-refractivity contribution in [2.75, 3.05) is 0 Å². The first-order chi connectivity index (χ1) is 10.0. The van der Waals surface area contributed by atoms with Gasteiger partial charge in [0.15, 0.2) is 0 Å². The number of carbonyl (C=O) groups is 1. The van der Waals surface area contributed by atoms with E-state index >= 15 is 0 Å². The van der Waals surface area contributed by atoms with Crippen molar-refractivity contribution in [1.82, 2.24) is 10.3 Å².